The van der Waals surface area contributed by atoms with Crippen molar-refractivity contribution in [3.63, 3.8) is 0 Å². The summed E-state index contributed by atoms with van der Waals surface area (Å²) in [5.74, 6) is -0.654. The summed E-state index contributed by atoms with van der Waals surface area (Å²) in [6.07, 6.45) is -2.35. The SMILES string of the molecule is CC(OCC(F)(F)F)C(=O)Nc1nc(-c2ccc3c(c2)CCC3)cs1. The monoisotopic (exact) mass is 370 g/mol. The van der Waals surface area contributed by atoms with Gasteiger partial charge < -0.3 is 4.74 Å². The number of nitrogens with one attached hydrogen (secondary N) is 1. The lowest BCUT2D eigenvalue weighted by molar-refractivity contribution is -0.184. The number of aryl methyl sites for hydroxylation is 2. The third kappa shape index (κ3) is 4.58. The summed E-state index contributed by atoms with van der Waals surface area (Å²) in [5.41, 5.74) is 4.39. The van der Waals surface area contributed by atoms with Gasteiger partial charge in [0.05, 0.1) is 5.69 Å². The lowest BCUT2D eigenvalue weighted by Crippen LogP contribution is -2.31. The number of nitrogens with zero attached hydrogens (tertiary/aromatic N) is 1. The molecule has 8 heteroatoms. The van der Waals surface area contributed by atoms with Crippen molar-refractivity contribution in [3.05, 3.63) is 34.7 Å². The molecule has 1 aromatic heterocycles. The molecular weight excluding hydrogens is 353 g/mol. The smallest absolute Gasteiger partial charge is 0.359 e. The van der Waals surface area contributed by atoms with E-state index in [2.05, 4.69) is 27.2 Å². The van der Waals surface area contributed by atoms with E-state index in [1.807, 2.05) is 11.4 Å². The number of hydrogen-bond donors (Lipinski definition) is 1. The van der Waals surface area contributed by atoms with E-state index in [0.717, 1.165) is 30.5 Å². The number of rotatable bonds is 5. The number of thiazole rings is 1. The number of benzene rings is 1. The van der Waals surface area contributed by atoms with Gasteiger partial charge in [-0.3, -0.25) is 10.1 Å². The number of fused-ring (bicyclic) bond motifs is 1. The van der Waals surface area contributed by atoms with E-state index in [4.69, 9.17) is 0 Å². The van der Waals surface area contributed by atoms with Crippen molar-refractivity contribution in [3.8, 4) is 11.3 Å². The fourth-order valence-electron chi connectivity index (χ4n) is 2.70. The molecule has 0 fully saturated rings. The van der Waals surface area contributed by atoms with Crippen molar-refractivity contribution in [2.24, 2.45) is 0 Å². The molecule has 3 rings (SSSR count). The zero-order chi connectivity index (χ0) is 18.0. The first-order valence-corrected chi connectivity index (χ1v) is 8.77. The largest absolute Gasteiger partial charge is 0.411 e. The van der Waals surface area contributed by atoms with Gasteiger partial charge in [0.2, 0.25) is 0 Å². The molecule has 0 spiro atoms. The molecule has 1 aliphatic carbocycles. The van der Waals surface area contributed by atoms with E-state index < -0.39 is 24.8 Å². The van der Waals surface area contributed by atoms with Gasteiger partial charge >= 0.3 is 6.18 Å². The number of ether oxygens (including phenoxy) is 1. The number of amides is 1. The van der Waals surface area contributed by atoms with Gasteiger partial charge in [0.1, 0.15) is 12.7 Å². The van der Waals surface area contributed by atoms with E-state index in [1.165, 1.54) is 29.4 Å². The first kappa shape index (κ1) is 17.9. The molecule has 0 radical (unpaired) electrons. The molecule has 2 aromatic rings. The van der Waals surface area contributed by atoms with Crippen LogP contribution < -0.4 is 5.32 Å². The minimum absolute atomic E-state index is 0.336. The molecular formula is C17H17F3N2O2S. The third-order valence-electron chi connectivity index (χ3n) is 3.99. The van der Waals surface area contributed by atoms with Gasteiger partial charge in [-0.15, -0.1) is 11.3 Å². The topological polar surface area (TPSA) is 51.2 Å². The van der Waals surface area contributed by atoms with Gasteiger partial charge in [-0.2, -0.15) is 13.2 Å². The Hall–Kier alpha value is -1.93. The average molecular weight is 370 g/mol. The Kier molecular flexibility index (Phi) is 5.10. The van der Waals surface area contributed by atoms with E-state index in [1.54, 1.807) is 0 Å². The fourth-order valence-corrected chi connectivity index (χ4v) is 3.42. The standard InChI is InChI=1S/C17H17F3N2O2S/c1-10(24-9-17(18,19)20)15(23)22-16-21-14(8-25-16)13-6-5-11-3-2-4-12(11)7-13/h5-8,10H,2-4,9H2,1H3,(H,21,22,23). The number of hydrogen-bond acceptors (Lipinski definition) is 4. The Balaban J connectivity index is 1.62. The number of carbonyl (C=O) groups is 1. The molecule has 1 N–H and O–H groups in total. The highest BCUT2D eigenvalue weighted by Crippen LogP contribution is 2.30. The van der Waals surface area contributed by atoms with Crippen LogP contribution in [0.5, 0.6) is 0 Å². The van der Waals surface area contributed by atoms with Crippen molar-refractivity contribution in [2.45, 2.75) is 38.5 Å². The lowest BCUT2D eigenvalue weighted by Gasteiger charge is -2.13. The normalized spacial score (nSPS) is 15.0. The Labute approximate surface area is 147 Å². The van der Waals surface area contributed by atoms with Crippen LogP contribution in [0.15, 0.2) is 23.6 Å². The lowest BCUT2D eigenvalue weighted by atomic mass is 10.1. The van der Waals surface area contributed by atoms with Crippen LogP contribution in [0.25, 0.3) is 11.3 Å². The maximum Gasteiger partial charge on any atom is 0.411 e. The Morgan fingerprint density at radius 3 is 2.88 bits per heavy atom. The first-order valence-electron chi connectivity index (χ1n) is 7.89. The first-order chi connectivity index (χ1) is 11.8. The van der Waals surface area contributed by atoms with Crippen molar-refractivity contribution >= 4 is 22.4 Å². The third-order valence-corrected chi connectivity index (χ3v) is 4.75. The Bertz CT molecular complexity index is 773. The van der Waals surface area contributed by atoms with Gasteiger partial charge in [0.15, 0.2) is 5.13 Å². The minimum atomic E-state index is -4.46. The van der Waals surface area contributed by atoms with Crippen LogP contribution in [0.1, 0.15) is 24.5 Å². The molecule has 1 unspecified atom stereocenters. The van der Waals surface area contributed by atoms with Crippen LogP contribution in [-0.2, 0) is 22.4 Å². The second-order valence-electron chi connectivity index (χ2n) is 5.93. The van der Waals surface area contributed by atoms with Crippen LogP contribution in [-0.4, -0.2) is 29.8 Å². The molecule has 0 aliphatic heterocycles. The molecule has 4 nitrogen and oxygen atoms in total. The van der Waals surface area contributed by atoms with Crippen molar-refractivity contribution < 1.29 is 22.7 Å². The maximum absolute atomic E-state index is 12.1. The zero-order valence-corrected chi connectivity index (χ0v) is 14.3. The molecule has 0 bridgehead atoms. The van der Waals surface area contributed by atoms with Crippen LogP contribution in [0.2, 0.25) is 0 Å². The number of aromatic nitrogens is 1. The van der Waals surface area contributed by atoms with Crippen LogP contribution in [0.4, 0.5) is 18.3 Å². The highest BCUT2D eigenvalue weighted by Gasteiger charge is 2.30. The highest BCUT2D eigenvalue weighted by atomic mass is 32.1. The molecule has 0 saturated carbocycles. The average Bonchev–Trinajstić information content (AvgIpc) is 3.19. The van der Waals surface area contributed by atoms with Gasteiger partial charge in [-0.05, 0) is 43.4 Å². The summed E-state index contributed by atoms with van der Waals surface area (Å²) < 4.78 is 40.9. The predicted octanol–water partition coefficient (Wildman–Crippen LogP) is 4.20. The molecule has 0 saturated heterocycles. The summed E-state index contributed by atoms with van der Waals surface area (Å²) in [6, 6.07) is 6.21. The molecule has 1 atom stereocenters. The molecule has 1 aromatic carbocycles. The minimum Gasteiger partial charge on any atom is -0.359 e. The summed E-state index contributed by atoms with van der Waals surface area (Å²) in [5, 5.41) is 4.65. The summed E-state index contributed by atoms with van der Waals surface area (Å²) >= 11 is 1.23. The van der Waals surface area contributed by atoms with Crippen molar-refractivity contribution in [1.82, 2.24) is 4.98 Å². The van der Waals surface area contributed by atoms with Gasteiger partial charge in [0, 0.05) is 10.9 Å². The summed E-state index contributed by atoms with van der Waals surface area (Å²) in [4.78, 5) is 16.2. The Morgan fingerprint density at radius 1 is 1.36 bits per heavy atom. The van der Waals surface area contributed by atoms with Gasteiger partial charge in [-0.1, -0.05) is 12.1 Å². The molecule has 1 heterocycles. The second-order valence-corrected chi connectivity index (χ2v) is 6.79. The number of carbonyl (C=O) groups excluding carboxylic acids is 1. The summed E-state index contributed by atoms with van der Waals surface area (Å²) in [7, 11) is 0. The second kappa shape index (κ2) is 7.13. The van der Waals surface area contributed by atoms with Crippen LogP contribution >= 0.6 is 11.3 Å². The van der Waals surface area contributed by atoms with Gasteiger partial charge in [-0.25, -0.2) is 4.98 Å². The number of anilines is 1. The number of halogens is 3. The van der Waals surface area contributed by atoms with Crippen molar-refractivity contribution in [1.29, 1.82) is 0 Å². The summed E-state index contributed by atoms with van der Waals surface area (Å²) in [6.45, 7) is -0.185. The van der Waals surface area contributed by atoms with E-state index in [0.29, 0.717) is 5.13 Å². The van der Waals surface area contributed by atoms with E-state index in [-0.39, 0.29) is 0 Å². The van der Waals surface area contributed by atoms with E-state index >= 15 is 0 Å². The van der Waals surface area contributed by atoms with E-state index in [9.17, 15) is 18.0 Å². The molecule has 134 valence electrons. The van der Waals surface area contributed by atoms with Gasteiger partial charge in [0.25, 0.3) is 5.91 Å². The maximum atomic E-state index is 12.1. The number of alkyl halides is 3. The quantitative estimate of drug-likeness (QED) is 0.858. The predicted molar refractivity (Wildman–Crippen MR) is 89.7 cm³/mol. The molecule has 1 amide bonds. The molecule has 1 aliphatic rings. The highest BCUT2D eigenvalue weighted by molar-refractivity contribution is 7.14. The van der Waals surface area contributed by atoms with Crippen molar-refractivity contribution in [2.75, 3.05) is 11.9 Å². The van der Waals surface area contributed by atoms with Crippen LogP contribution in [0.3, 0.4) is 0 Å². The van der Waals surface area contributed by atoms with Crippen LogP contribution in [0, 0.1) is 0 Å². The Morgan fingerprint density at radius 2 is 2.12 bits per heavy atom. The zero-order valence-electron chi connectivity index (χ0n) is 13.5. The molecule has 25 heavy (non-hydrogen) atoms. The fraction of sp³-hybridized carbons (Fsp3) is 0.412.